The molecule has 0 N–H and O–H groups in total. The van der Waals surface area contributed by atoms with E-state index in [4.69, 9.17) is 18.9 Å². The summed E-state index contributed by atoms with van der Waals surface area (Å²) >= 11 is 0. The highest BCUT2D eigenvalue weighted by atomic mass is 16.8. The van der Waals surface area contributed by atoms with Crippen LogP contribution in [0.5, 0.6) is 0 Å². The van der Waals surface area contributed by atoms with Gasteiger partial charge in [0.25, 0.3) is 0 Å². The second kappa shape index (κ2) is 5.61. The maximum atomic E-state index is 11.5. The van der Waals surface area contributed by atoms with Gasteiger partial charge in [-0.1, -0.05) is 0 Å². The van der Waals surface area contributed by atoms with Crippen LogP contribution in [0, 0.1) is 0 Å². The van der Waals surface area contributed by atoms with Gasteiger partial charge < -0.3 is 28.4 Å². The first-order valence-corrected chi connectivity index (χ1v) is 5.31. The largest absolute Gasteiger partial charge is 0.467 e. The van der Waals surface area contributed by atoms with Crippen molar-refractivity contribution in [3.63, 3.8) is 0 Å². The highest BCUT2D eigenvalue weighted by Crippen LogP contribution is 2.27. The second-order valence-corrected chi connectivity index (χ2v) is 3.72. The Bertz CT molecular complexity index is 298. The van der Waals surface area contributed by atoms with Gasteiger partial charge in [-0.2, -0.15) is 0 Å². The summed E-state index contributed by atoms with van der Waals surface area (Å²) in [7, 11) is 2.48. The normalized spacial score (nSPS) is 35.4. The number of ether oxygens (including phenoxy) is 6. The molecular weight excluding hydrogens is 248 g/mol. The van der Waals surface area contributed by atoms with Crippen molar-refractivity contribution in [1.82, 2.24) is 0 Å². The monoisotopic (exact) mass is 262 g/mol. The lowest BCUT2D eigenvalue weighted by molar-refractivity contribution is -0.157. The number of carbonyl (C=O) groups excluding carboxylic acids is 2. The molecule has 0 aliphatic carbocycles. The molecule has 2 heterocycles. The predicted molar refractivity (Wildman–Crippen MR) is 53.3 cm³/mol. The Kier molecular flexibility index (Phi) is 4.12. The van der Waals surface area contributed by atoms with E-state index >= 15 is 0 Å². The van der Waals surface area contributed by atoms with Crippen molar-refractivity contribution in [2.24, 2.45) is 0 Å². The van der Waals surface area contributed by atoms with Gasteiger partial charge in [-0.25, -0.2) is 9.59 Å². The van der Waals surface area contributed by atoms with Crippen LogP contribution in [0.15, 0.2) is 0 Å². The van der Waals surface area contributed by atoms with E-state index in [9.17, 15) is 9.59 Å². The third kappa shape index (κ3) is 2.32. The van der Waals surface area contributed by atoms with Gasteiger partial charge in [0.2, 0.25) is 0 Å². The fourth-order valence-electron chi connectivity index (χ4n) is 1.92. The van der Waals surface area contributed by atoms with E-state index in [1.165, 1.54) is 14.2 Å². The van der Waals surface area contributed by atoms with Crippen LogP contribution in [0.1, 0.15) is 0 Å². The summed E-state index contributed by atoms with van der Waals surface area (Å²) in [6.07, 6.45) is -3.39. The lowest BCUT2D eigenvalue weighted by Gasteiger charge is -2.22. The first kappa shape index (κ1) is 13.2. The molecule has 8 nitrogen and oxygen atoms in total. The smallest absolute Gasteiger partial charge is 0.337 e. The van der Waals surface area contributed by atoms with Crippen LogP contribution in [0.2, 0.25) is 0 Å². The molecule has 0 amide bonds. The number of rotatable bonds is 3. The molecule has 0 aromatic heterocycles. The van der Waals surface area contributed by atoms with Gasteiger partial charge in [0.1, 0.15) is 25.8 Å². The summed E-state index contributed by atoms with van der Waals surface area (Å²) in [4.78, 5) is 23.0. The van der Waals surface area contributed by atoms with Crippen molar-refractivity contribution in [1.29, 1.82) is 0 Å². The van der Waals surface area contributed by atoms with E-state index in [0.717, 1.165) is 0 Å². The summed E-state index contributed by atoms with van der Waals surface area (Å²) in [6.45, 7) is -0.142. The van der Waals surface area contributed by atoms with Gasteiger partial charge in [0, 0.05) is 0 Å². The molecule has 0 radical (unpaired) electrons. The maximum absolute atomic E-state index is 11.5. The predicted octanol–water partition coefficient (Wildman–Crippen LogP) is -1.18. The van der Waals surface area contributed by atoms with Crippen molar-refractivity contribution in [3.05, 3.63) is 0 Å². The van der Waals surface area contributed by atoms with Crippen molar-refractivity contribution >= 4 is 11.9 Å². The minimum absolute atomic E-state index is 0.0712. The number of hydrogen-bond donors (Lipinski definition) is 0. The molecule has 102 valence electrons. The van der Waals surface area contributed by atoms with Gasteiger partial charge in [-0.3, -0.25) is 0 Å². The number of carbonyl (C=O) groups is 2. The Morgan fingerprint density at radius 2 is 1.22 bits per heavy atom. The molecule has 2 fully saturated rings. The van der Waals surface area contributed by atoms with Crippen LogP contribution in [0.25, 0.3) is 0 Å². The molecule has 2 saturated heterocycles. The molecule has 0 bridgehead atoms. The van der Waals surface area contributed by atoms with E-state index < -0.39 is 36.4 Å². The third-order valence-corrected chi connectivity index (χ3v) is 2.80. The summed E-state index contributed by atoms with van der Waals surface area (Å²) < 4.78 is 29.9. The topological polar surface area (TPSA) is 89.5 Å². The van der Waals surface area contributed by atoms with Gasteiger partial charge in [-0.15, -0.1) is 0 Å². The molecule has 4 unspecified atom stereocenters. The van der Waals surface area contributed by atoms with Crippen molar-refractivity contribution in [3.8, 4) is 0 Å². The molecule has 2 aliphatic heterocycles. The SMILES string of the molecule is COC(=O)C1OCOC1C1OCOC1C(=O)OC. The van der Waals surface area contributed by atoms with Crippen LogP contribution in [-0.2, 0) is 38.0 Å². The Labute approximate surface area is 103 Å². The van der Waals surface area contributed by atoms with Crippen molar-refractivity contribution in [2.45, 2.75) is 24.4 Å². The van der Waals surface area contributed by atoms with Gasteiger partial charge in [0.15, 0.2) is 12.2 Å². The minimum atomic E-state index is -0.936. The Morgan fingerprint density at radius 1 is 0.833 bits per heavy atom. The Hall–Kier alpha value is -1.22. The molecule has 2 rings (SSSR count). The fourth-order valence-corrected chi connectivity index (χ4v) is 1.92. The molecule has 0 aromatic rings. The van der Waals surface area contributed by atoms with Crippen LogP contribution < -0.4 is 0 Å². The lowest BCUT2D eigenvalue weighted by Crippen LogP contribution is -2.47. The third-order valence-electron chi connectivity index (χ3n) is 2.80. The van der Waals surface area contributed by atoms with Crippen LogP contribution >= 0.6 is 0 Å². The Morgan fingerprint density at radius 3 is 1.56 bits per heavy atom. The number of esters is 2. The van der Waals surface area contributed by atoms with Crippen LogP contribution in [-0.4, -0.2) is 64.2 Å². The summed E-state index contributed by atoms with van der Waals surface area (Å²) in [5.74, 6) is -1.17. The molecule has 2 aliphatic rings. The minimum Gasteiger partial charge on any atom is -0.467 e. The maximum Gasteiger partial charge on any atom is 0.337 e. The average molecular weight is 262 g/mol. The van der Waals surface area contributed by atoms with Gasteiger partial charge in [0.05, 0.1) is 14.2 Å². The Balaban J connectivity index is 2.09. The van der Waals surface area contributed by atoms with Gasteiger partial charge in [-0.05, 0) is 0 Å². The van der Waals surface area contributed by atoms with E-state index in [2.05, 4.69) is 9.47 Å². The first-order valence-electron chi connectivity index (χ1n) is 5.31. The summed E-state index contributed by atoms with van der Waals surface area (Å²) in [6, 6.07) is 0. The number of methoxy groups -OCH3 is 2. The van der Waals surface area contributed by atoms with Gasteiger partial charge >= 0.3 is 11.9 Å². The van der Waals surface area contributed by atoms with E-state index in [-0.39, 0.29) is 13.6 Å². The molecule has 8 heteroatoms. The van der Waals surface area contributed by atoms with Crippen molar-refractivity contribution in [2.75, 3.05) is 27.8 Å². The zero-order valence-electron chi connectivity index (χ0n) is 9.99. The van der Waals surface area contributed by atoms with E-state index in [0.29, 0.717) is 0 Å². The molecule has 4 atom stereocenters. The summed E-state index contributed by atoms with van der Waals surface area (Å²) in [5.41, 5.74) is 0. The quantitative estimate of drug-likeness (QED) is 0.587. The highest BCUT2D eigenvalue weighted by molar-refractivity contribution is 5.78. The van der Waals surface area contributed by atoms with Crippen molar-refractivity contribution < 1.29 is 38.0 Å². The van der Waals surface area contributed by atoms with E-state index in [1.54, 1.807) is 0 Å². The highest BCUT2D eigenvalue weighted by Gasteiger charge is 2.50. The number of hydrogen-bond acceptors (Lipinski definition) is 8. The van der Waals surface area contributed by atoms with E-state index in [1.807, 2.05) is 0 Å². The molecular formula is C10H14O8. The molecule has 0 saturated carbocycles. The first-order chi connectivity index (χ1) is 8.69. The zero-order chi connectivity index (χ0) is 13.1. The molecule has 0 aromatic carbocycles. The van der Waals surface area contributed by atoms with Crippen LogP contribution in [0.4, 0.5) is 0 Å². The standard InChI is InChI=1S/C10H14O8/c1-13-9(11)7-5(15-3-17-7)6-8(10(12)14-2)18-4-16-6/h5-8H,3-4H2,1-2H3. The molecule has 18 heavy (non-hydrogen) atoms. The zero-order valence-corrected chi connectivity index (χ0v) is 9.99. The molecule has 0 spiro atoms. The lowest BCUT2D eigenvalue weighted by atomic mass is 10.0. The fraction of sp³-hybridized carbons (Fsp3) is 0.800. The second-order valence-electron chi connectivity index (χ2n) is 3.72. The van der Waals surface area contributed by atoms with Crippen LogP contribution in [0.3, 0.4) is 0 Å². The average Bonchev–Trinajstić information content (AvgIpc) is 3.04. The summed E-state index contributed by atoms with van der Waals surface area (Å²) in [5, 5.41) is 0.